The van der Waals surface area contributed by atoms with E-state index in [1.165, 1.54) is 13.2 Å². The van der Waals surface area contributed by atoms with Crippen LogP contribution in [0.4, 0.5) is 16.2 Å². The van der Waals surface area contributed by atoms with Crippen molar-refractivity contribution < 1.29 is 19.1 Å². The number of amides is 4. The molecule has 1 aliphatic heterocycles. The summed E-state index contributed by atoms with van der Waals surface area (Å²) in [5, 5.41) is 2.22. The summed E-state index contributed by atoms with van der Waals surface area (Å²) in [6, 6.07) is 13.4. The van der Waals surface area contributed by atoms with Crippen molar-refractivity contribution in [3.63, 3.8) is 0 Å². The van der Waals surface area contributed by atoms with Gasteiger partial charge in [-0.15, -0.1) is 0 Å². The maximum Gasteiger partial charge on any atom is 0.336 e. The van der Waals surface area contributed by atoms with E-state index in [-0.39, 0.29) is 11.3 Å². The number of carbonyl (C=O) groups is 3. The van der Waals surface area contributed by atoms with Crippen LogP contribution in [0.25, 0.3) is 6.08 Å². The van der Waals surface area contributed by atoms with Gasteiger partial charge in [0.15, 0.2) is 0 Å². The first kappa shape index (κ1) is 20.1. The molecule has 1 N–H and O–H groups in total. The van der Waals surface area contributed by atoms with Crippen LogP contribution in [0.15, 0.2) is 54.1 Å². The lowest BCUT2D eigenvalue weighted by molar-refractivity contribution is -0.122. The Kier molecular flexibility index (Phi) is 5.97. The molecule has 150 valence electrons. The smallest absolute Gasteiger partial charge is 0.336 e. The lowest BCUT2D eigenvalue weighted by atomic mass is 10.1. The van der Waals surface area contributed by atoms with E-state index in [1.807, 2.05) is 24.3 Å². The lowest BCUT2D eigenvalue weighted by Gasteiger charge is -2.27. The monoisotopic (exact) mass is 393 g/mol. The second-order valence-corrected chi connectivity index (χ2v) is 6.39. The van der Waals surface area contributed by atoms with Crippen molar-refractivity contribution in [2.45, 2.75) is 13.8 Å². The standard InChI is InChI=1S/C22H23N3O4/c1-4-24(5-2)16-12-10-15(11-13-16)14-17-20(26)23-22(28)25(21(17)27)18-8-6-7-9-19(18)29-3/h6-14H,4-5H2,1-3H3,(H,23,26,28)/b17-14+. The third-order valence-corrected chi connectivity index (χ3v) is 4.76. The van der Waals surface area contributed by atoms with Crippen molar-refractivity contribution in [2.75, 3.05) is 30.0 Å². The number of nitrogens with one attached hydrogen (secondary N) is 1. The molecule has 2 aromatic carbocycles. The molecule has 7 nitrogen and oxygen atoms in total. The number of hydrogen-bond donors (Lipinski definition) is 1. The highest BCUT2D eigenvalue weighted by atomic mass is 16.5. The summed E-state index contributed by atoms with van der Waals surface area (Å²) in [5.41, 5.74) is 1.90. The van der Waals surface area contributed by atoms with Crippen LogP contribution in [-0.2, 0) is 9.59 Å². The van der Waals surface area contributed by atoms with Crippen LogP contribution in [0.2, 0.25) is 0 Å². The van der Waals surface area contributed by atoms with Gasteiger partial charge < -0.3 is 9.64 Å². The average Bonchev–Trinajstić information content (AvgIpc) is 2.73. The predicted octanol–water partition coefficient (Wildman–Crippen LogP) is 3.21. The van der Waals surface area contributed by atoms with Crippen molar-refractivity contribution in [3.8, 4) is 5.75 Å². The van der Waals surface area contributed by atoms with Gasteiger partial charge in [0.25, 0.3) is 11.8 Å². The Morgan fingerprint density at radius 1 is 1.00 bits per heavy atom. The molecular weight excluding hydrogens is 370 g/mol. The van der Waals surface area contributed by atoms with Crippen LogP contribution >= 0.6 is 0 Å². The van der Waals surface area contributed by atoms with Gasteiger partial charge in [0, 0.05) is 18.8 Å². The Labute approximate surface area is 169 Å². The summed E-state index contributed by atoms with van der Waals surface area (Å²) in [7, 11) is 1.45. The minimum Gasteiger partial charge on any atom is -0.495 e. The number of imide groups is 2. The summed E-state index contributed by atoms with van der Waals surface area (Å²) >= 11 is 0. The van der Waals surface area contributed by atoms with Crippen LogP contribution in [0.1, 0.15) is 19.4 Å². The first-order valence-corrected chi connectivity index (χ1v) is 9.39. The highest BCUT2D eigenvalue weighted by Crippen LogP contribution is 2.30. The summed E-state index contributed by atoms with van der Waals surface area (Å²) in [5.74, 6) is -1.07. The number of hydrogen-bond acceptors (Lipinski definition) is 5. The van der Waals surface area contributed by atoms with Gasteiger partial charge in [-0.3, -0.25) is 14.9 Å². The third-order valence-electron chi connectivity index (χ3n) is 4.76. The fourth-order valence-electron chi connectivity index (χ4n) is 3.23. The van der Waals surface area contributed by atoms with Gasteiger partial charge >= 0.3 is 6.03 Å². The number of methoxy groups -OCH3 is 1. The van der Waals surface area contributed by atoms with E-state index in [0.717, 1.165) is 23.7 Å². The summed E-state index contributed by atoms with van der Waals surface area (Å²) < 4.78 is 5.25. The normalized spacial score (nSPS) is 15.5. The van der Waals surface area contributed by atoms with Gasteiger partial charge in [-0.25, -0.2) is 9.69 Å². The SMILES string of the molecule is CCN(CC)c1ccc(/C=C2\C(=O)NC(=O)N(c3ccccc3OC)C2=O)cc1. The molecule has 29 heavy (non-hydrogen) atoms. The van der Waals surface area contributed by atoms with E-state index >= 15 is 0 Å². The van der Waals surface area contributed by atoms with Crippen LogP contribution in [0, 0.1) is 0 Å². The number of benzene rings is 2. The molecule has 0 atom stereocenters. The minimum atomic E-state index is -0.807. The molecule has 0 aromatic heterocycles. The Bertz CT molecular complexity index is 962. The van der Waals surface area contributed by atoms with Crippen LogP contribution in [-0.4, -0.2) is 38.0 Å². The number of nitrogens with zero attached hydrogens (tertiary/aromatic N) is 2. The molecule has 0 spiro atoms. The molecule has 7 heteroatoms. The molecule has 4 amide bonds. The van der Waals surface area contributed by atoms with Gasteiger partial charge in [0.05, 0.1) is 12.8 Å². The van der Waals surface area contributed by atoms with Crippen LogP contribution in [0.5, 0.6) is 5.75 Å². The molecule has 0 aliphatic carbocycles. The van der Waals surface area contributed by atoms with Crippen molar-refractivity contribution >= 4 is 35.3 Å². The van der Waals surface area contributed by atoms with Gasteiger partial charge in [-0.2, -0.15) is 0 Å². The molecule has 0 saturated carbocycles. The first-order valence-electron chi connectivity index (χ1n) is 9.39. The lowest BCUT2D eigenvalue weighted by Crippen LogP contribution is -2.54. The summed E-state index contributed by atoms with van der Waals surface area (Å²) in [4.78, 5) is 40.8. The first-order chi connectivity index (χ1) is 14.0. The quantitative estimate of drug-likeness (QED) is 0.602. The molecule has 0 unspecified atom stereocenters. The van der Waals surface area contributed by atoms with Crippen molar-refractivity contribution in [1.29, 1.82) is 0 Å². The number of ether oxygens (including phenoxy) is 1. The molecular formula is C22H23N3O4. The Balaban J connectivity index is 1.95. The molecule has 1 heterocycles. The Morgan fingerprint density at radius 3 is 2.28 bits per heavy atom. The molecule has 1 saturated heterocycles. The van der Waals surface area contributed by atoms with E-state index in [0.29, 0.717) is 11.3 Å². The summed E-state index contributed by atoms with van der Waals surface area (Å²) in [6.45, 7) is 5.92. The second kappa shape index (κ2) is 8.60. The molecule has 1 aliphatic rings. The number of carbonyl (C=O) groups excluding carboxylic acids is 3. The van der Waals surface area contributed by atoms with E-state index < -0.39 is 17.8 Å². The fourth-order valence-corrected chi connectivity index (χ4v) is 3.23. The van der Waals surface area contributed by atoms with Gasteiger partial charge in [0.2, 0.25) is 0 Å². The van der Waals surface area contributed by atoms with Crippen molar-refractivity contribution in [1.82, 2.24) is 5.32 Å². The number of urea groups is 1. The number of barbiturate groups is 1. The maximum atomic E-state index is 13.0. The van der Waals surface area contributed by atoms with Crippen molar-refractivity contribution in [2.24, 2.45) is 0 Å². The highest BCUT2D eigenvalue weighted by Gasteiger charge is 2.38. The van der Waals surface area contributed by atoms with Gasteiger partial charge in [-0.1, -0.05) is 24.3 Å². The van der Waals surface area contributed by atoms with E-state index in [9.17, 15) is 14.4 Å². The van der Waals surface area contributed by atoms with Crippen LogP contribution in [0.3, 0.4) is 0 Å². The molecule has 3 rings (SSSR count). The average molecular weight is 393 g/mol. The highest BCUT2D eigenvalue weighted by molar-refractivity contribution is 6.39. The largest absolute Gasteiger partial charge is 0.495 e. The number of para-hydroxylation sites is 2. The van der Waals surface area contributed by atoms with E-state index in [1.54, 1.807) is 24.3 Å². The van der Waals surface area contributed by atoms with E-state index in [2.05, 4.69) is 24.1 Å². The zero-order valence-electron chi connectivity index (χ0n) is 16.6. The number of anilines is 2. The van der Waals surface area contributed by atoms with Crippen LogP contribution < -0.4 is 19.9 Å². The zero-order valence-corrected chi connectivity index (χ0v) is 16.6. The molecule has 0 bridgehead atoms. The zero-order chi connectivity index (χ0) is 21.0. The molecule has 1 fully saturated rings. The van der Waals surface area contributed by atoms with Gasteiger partial charge in [-0.05, 0) is 49.8 Å². The summed E-state index contributed by atoms with van der Waals surface area (Å²) in [6.07, 6.45) is 1.48. The van der Waals surface area contributed by atoms with Gasteiger partial charge in [0.1, 0.15) is 11.3 Å². The predicted molar refractivity (Wildman–Crippen MR) is 112 cm³/mol. The Hall–Kier alpha value is -3.61. The molecule has 2 aromatic rings. The van der Waals surface area contributed by atoms with Crippen molar-refractivity contribution in [3.05, 3.63) is 59.7 Å². The Morgan fingerprint density at radius 2 is 1.66 bits per heavy atom. The third kappa shape index (κ3) is 3.99. The number of rotatable bonds is 6. The molecule has 0 radical (unpaired) electrons. The van der Waals surface area contributed by atoms with E-state index in [4.69, 9.17) is 4.74 Å². The minimum absolute atomic E-state index is 0.119. The maximum absolute atomic E-state index is 13.0. The fraction of sp³-hybridized carbons (Fsp3) is 0.227. The second-order valence-electron chi connectivity index (χ2n) is 6.39. The topological polar surface area (TPSA) is 79.0 Å².